The number of aromatic hydroxyl groups is 1. The van der Waals surface area contributed by atoms with Gasteiger partial charge in [-0.05, 0) is 73.2 Å². The van der Waals surface area contributed by atoms with E-state index in [1.54, 1.807) is 55.5 Å². The van der Waals surface area contributed by atoms with Crippen LogP contribution in [0.25, 0.3) is 0 Å². The lowest BCUT2D eigenvalue weighted by Crippen LogP contribution is -2.36. The summed E-state index contributed by atoms with van der Waals surface area (Å²) in [6.45, 7) is 1.75. The van der Waals surface area contributed by atoms with E-state index in [1.165, 1.54) is 45.8 Å². The molecule has 16 heteroatoms. The first-order chi connectivity index (χ1) is 23.5. The maximum absolute atomic E-state index is 13.8. The zero-order valence-corrected chi connectivity index (χ0v) is 29.3. The number of hydrogen-bond acceptors (Lipinski definition) is 10. The van der Waals surface area contributed by atoms with Crippen LogP contribution in [-0.4, -0.2) is 44.2 Å². The van der Waals surface area contributed by atoms with E-state index in [4.69, 9.17) is 65.4 Å². The van der Waals surface area contributed by atoms with E-state index in [0.717, 1.165) is 5.01 Å². The van der Waals surface area contributed by atoms with Crippen molar-refractivity contribution in [2.45, 2.75) is 13.0 Å². The van der Waals surface area contributed by atoms with Gasteiger partial charge >= 0.3 is 0 Å². The van der Waals surface area contributed by atoms with Gasteiger partial charge < -0.3 is 29.4 Å². The van der Waals surface area contributed by atoms with Crippen molar-refractivity contribution < 1.29 is 28.8 Å². The van der Waals surface area contributed by atoms with E-state index in [9.17, 15) is 9.90 Å². The Morgan fingerprint density at radius 3 is 2.33 bits per heavy atom. The standard InChI is InChI=1S/C33H28Cl4N6O6/c1-17-11-21(7-9-26(17)44)49-16-29(48-4)38-19-5-8-22(35)25(14-19)39-32-30(41-40-20-6-10-27(46-2)28(15-20)47-3)33(45)43(42-32)31-23(36)12-18(34)13-24(31)37/h5-16,30,38,44H,1-4H3,(H,39,42)/b29-16-,41-40?. The fraction of sp³-hybridized carbons (Fsp3) is 0.152. The van der Waals surface area contributed by atoms with Crippen molar-refractivity contribution in [2.75, 3.05) is 31.7 Å². The van der Waals surface area contributed by atoms with E-state index < -0.39 is 11.9 Å². The van der Waals surface area contributed by atoms with Gasteiger partial charge in [-0.2, -0.15) is 10.2 Å². The van der Waals surface area contributed by atoms with Gasteiger partial charge in [0.15, 0.2) is 23.6 Å². The number of anilines is 2. The van der Waals surface area contributed by atoms with Gasteiger partial charge in [0.1, 0.15) is 17.2 Å². The largest absolute Gasteiger partial charge is 0.508 e. The Kier molecular flexibility index (Phi) is 11.2. The van der Waals surface area contributed by atoms with Gasteiger partial charge in [-0.1, -0.05) is 46.4 Å². The van der Waals surface area contributed by atoms with Crippen molar-refractivity contribution in [3.8, 4) is 23.0 Å². The van der Waals surface area contributed by atoms with Crippen molar-refractivity contribution >= 4 is 80.9 Å². The molecule has 12 nitrogen and oxygen atoms in total. The summed E-state index contributed by atoms with van der Waals surface area (Å²) in [6, 6.07) is 16.3. The summed E-state index contributed by atoms with van der Waals surface area (Å²) in [7, 11) is 4.47. The molecule has 1 unspecified atom stereocenters. The Labute approximate surface area is 301 Å². The number of amides is 1. The highest BCUT2D eigenvalue weighted by atomic mass is 35.5. The average Bonchev–Trinajstić information content (AvgIpc) is 3.37. The third-order valence-corrected chi connectivity index (χ3v) is 8.06. The highest BCUT2D eigenvalue weighted by Crippen LogP contribution is 2.39. The number of nitrogens with zero attached hydrogens (tertiary/aromatic N) is 4. The van der Waals surface area contributed by atoms with Crippen molar-refractivity contribution in [1.82, 2.24) is 5.43 Å². The summed E-state index contributed by atoms with van der Waals surface area (Å²) in [6.07, 6.45) is 1.37. The Morgan fingerprint density at radius 1 is 0.918 bits per heavy atom. The normalized spacial score (nSPS) is 15.5. The van der Waals surface area contributed by atoms with Crippen molar-refractivity contribution in [3.63, 3.8) is 0 Å². The van der Waals surface area contributed by atoms with Crippen LogP contribution in [0.2, 0.25) is 20.1 Å². The third kappa shape index (κ3) is 8.23. The number of methoxy groups -OCH3 is 3. The molecule has 0 saturated carbocycles. The second-order valence-corrected chi connectivity index (χ2v) is 11.9. The number of hydrazine groups is 1. The SMILES string of the molecule is CO/C(=C\Oc1ccc(O)c(C)c1)Nc1ccc(Cl)c(N=C2NN(c3c(Cl)cc(Cl)cc3Cl)C(=O)C2N=Nc2ccc(OC)c(OC)c2)c1. The highest BCUT2D eigenvalue weighted by molar-refractivity contribution is 6.43. The van der Waals surface area contributed by atoms with Crippen LogP contribution in [0.5, 0.6) is 23.0 Å². The lowest BCUT2D eigenvalue weighted by Gasteiger charge is -2.19. The number of amidine groups is 1. The Hall–Kier alpha value is -4.88. The second-order valence-electron chi connectivity index (χ2n) is 10.2. The smallest absolute Gasteiger partial charge is 0.280 e. The number of aryl methyl sites for hydroxylation is 1. The van der Waals surface area contributed by atoms with E-state index in [-0.39, 0.29) is 48.9 Å². The molecule has 1 aliphatic heterocycles. The molecule has 1 amide bonds. The van der Waals surface area contributed by atoms with Gasteiger partial charge in [0.05, 0.1) is 47.8 Å². The number of carbonyl (C=O) groups is 1. The van der Waals surface area contributed by atoms with Gasteiger partial charge in [-0.3, -0.25) is 10.2 Å². The van der Waals surface area contributed by atoms with E-state index in [2.05, 4.69) is 26.0 Å². The van der Waals surface area contributed by atoms with Crippen LogP contribution in [0.1, 0.15) is 5.56 Å². The number of halogens is 4. The number of phenols is 1. The van der Waals surface area contributed by atoms with Crippen molar-refractivity contribution in [1.29, 1.82) is 0 Å². The number of hydrogen-bond donors (Lipinski definition) is 3. The lowest BCUT2D eigenvalue weighted by molar-refractivity contribution is -0.117. The Bertz CT molecular complexity index is 1970. The van der Waals surface area contributed by atoms with Gasteiger partial charge in [-0.25, -0.2) is 10.0 Å². The minimum atomic E-state index is -1.26. The van der Waals surface area contributed by atoms with Crippen molar-refractivity contribution in [3.05, 3.63) is 105 Å². The molecule has 1 atom stereocenters. The van der Waals surface area contributed by atoms with Gasteiger partial charge in [0.2, 0.25) is 11.9 Å². The zero-order valence-electron chi connectivity index (χ0n) is 26.3. The Morgan fingerprint density at radius 2 is 1.65 bits per heavy atom. The maximum atomic E-state index is 13.8. The monoisotopic (exact) mass is 744 g/mol. The van der Waals surface area contributed by atoms with Crippen LogP contribution in [-0.2, 0) is 9.53 Å². The summed E-state index contributed by atoms with van der Waals surface area (Å²) in [5.41, 5.74) is 4.93. The van der Waals surface area contributed by atoms with Crippen LogP contribution >= 0.6 is 46.4 Å². The predicted molar refractivity (Wildman–Crippen MR) is 191 cm³/mol. The van der Waals surface area contributed by atoms with E-state index in [1.807, 2.05) is 0 Å². The van der Waals surface area contributed by atoms with Gasteiger partial charge in [-0.15, -0.1) is 0 Å². The van der Waals surface area contributed by atoms with Crippen LogP contribution in [0.4, 0.5) is 22.7 Å². The lowest BCUT2D eigenvalue weighted by atomic mass is 10.2. The second kappa shape index (κ2) is 15.6. The number of benzene rings is 4. The zero-order chi connectivity index (χ0) is 35.2. The summed E-state index contributed by atoms with van der Waals surface area (Å²) < 4.78 is 21.8. The molecule has 0 bridgehead atoms. The van der Waals surface area contributed by atoms with Crippen LogP contribution < -0.4 is 30.0 Å². The molecule has 3 N–H and O–H groups in total. The number of nitrogens with one attached hydrogen (secondary N) is 2. The molecule has 49 heavy (non-hydrogen) atoms. The molecule has 0 spiro atoms. The summed E-state index contributed by atoms with van der Waals surface area (Å²) in [4.78, 5) is 18.5. The fourth-order valence-electron chi connectivity index (χ4n) is 4.49. The van der Waals surface area contributed by atoms with Crippen LogP contribution in [0, 0.1) is 6.92 Å². The maximum Gasteiger partial charge on any atom is 0.280 e. The van der Waals surface area contributed by atoms with Crippen molar-refractivity contribution in [2.24, 2.45) is 15.2 Å². The fourth-order valence-corrected chi connectivity index (χ4v) is 5.63. The molecule has 0 radical (unpaired) electrons. The first kappa shape index (κ1) is 35.4. The molecule has 254 valence electrons. The number of ether oxygens (including phenoxy) is 4. The number of rotatable bonds is 11. The average molecular weight is 746 g/mol. The van der Waals surface area contributed by atoms with Gasteiger partial charge in [0, 0.05) is 16.8 Å². The third-order valence-electron chi connectivity index (χ3n) is 6.95. The molecular weight excluding hydrogens is 718 g/mol. The molecule has 4 aromatic rings. The molecule has 1 saturated heterocycles. The topological polar surface area (TPSA) is 139 Å². The minimum absolute atomic E-state index is 0.0731. The number of aliphatic imine (C=N–C) groups is 1. The quantitative estimate of drug-likeness (QED) is 0.102. The predicted octanol–water partition coefficient (Wildman–Crippen LogP) is 9.00. The summed E-state index contributed by atoms with van der Waals surface area (Å²) >= 11 is 25.6. The molecule has 1 heterocycles. The minimum Gasteiger partial charge on any atom is -0.508 e. The number of carbonyl (C=O) groups excluding carboxylic acids is 1. The molecule has 1 aliphatic rings. The number of azo groups is 1. The first-order valence-corrected chi connectivity index (χ1v) is 15.8. The first-order valence-electron chi connectivity index (χ1n) is 14.2. The van der Waals surface area contributed by atoms with Crippen LogP contribution in [0.15, 0.2) is 94.1 Å². The summed E-state index contributed by atoms with van der Waals surface area (Å²) in [5, 5.41) is 23.4. The molecule has 5 rings (SSSR count). The van der Waals surface area contributed by atoms with E-state index in [0.29, 0.717) is 34.2 Å². The Balaban J connectivity index is 1.49. The summed E-state index contributed by atoms with van der Waals surface area (Å²) in [5.74, 6) is 1.31. The molecule has 4 aromatic carbocycles. The molecule has 1 fully saturated rings. The highest BCUT2D eigenvalue weighted by Gasteiger charge is 2.41. The molecular formula is C33H28Cl4N6O6. The molecule has 0 aromatic heterocycles. The van der Waals surface area contributed by atoms with Gasteiger partial charge in [0.25, 0.3) is 5.91 Å². The number of phenolic OH excluding ortho intramolecular Hbond substituents is 1. The molecule has 0 aliphatic carbocycles. The van der Waals surface area contributed by atoms with Crippen LogP contribution in [0.3, 0.4) is 0 Å². The van der Waals surface area contributed by atoms with E-state index >= 15 is 0 Å².